The minimum atomic E-state index is 0.283. The Morgan fingerprint density at radius 3 is 2.65 bits per heavy atom. The van der Waals surface area contributed by atoms with Crippen molar-refractivity contribution in [1.29, 1.82) is 0 Å². The van der Waals surface area contributed by atoms with Crippen molar-refractivity contribution < 1.29 is 4.74 Å². The molecule has 1 aliphatic rings. The van der Waals surface area contributed by atoms with Gasteiger partial charge in [0.15, 0.2) is 5.82 Å². The van der Waals surface area contributed by atoms with Gasteiger partial charge in [-0.1, -0.05) is 18.2 Å². The molecule has 0 unspecified atom stereocenters. The molecule has 20 heavy (non-hydrogen) atoms. The van der Waals surface area contributed by atoms with Crippen molar-refractivity contribution in [3.05, 3.63) is 36.5 Å². The molecule has 6 heteroatoms. The summed E-state index contributed by atoms with van der Waals surface area (Å²) >= 11 is 0. The molecule has 0 aliphatic carbocycles. The highest BCUT2D eigenvalue weighted by Crippen LogP contribution is 2.27. The molecule has 0 radical (unpaired) electrons. The lowest BCUT2D eigenvalue weighted by atomic mass is 10.3. The zero-order valence-electron chi connectivity index (χ0n) is 11.1. The van der Waals surface area contributed by atoms with Crippen molar-refractivity contribution in [2.24, 2.45) is 0 Å². The second kappa shape index (κ2) is 5.75. The number of hydrogen-bond donors (Lipinski definition) is 2. The lowest BCUT2D eigenvalue weighted by molar-refractivity contribution is 0.122. The smallest absolute Gasteiger partial charge is 0.222 e. The molecule has 2 aromatic rings. The summed E-state index contributed by atoms with van der Waals surface area (Å²) in [7, 11) is 0. The molecule has 0 bridgehead atoms. The topological polar surface area (TPSA) is 76.3 Å². The number of benzene rings is 1. The molecule has 2 heterocycles. The summed E-state index contributed by atoms with van der Waals surface area (Å²) in [5.41, 5.74) is 7.57. The fraction of sp³-hybridized carbons (Fsp3) is 0.286. The number of morpholine rings is 1. The van der Waals surface area contributed by atoms with Crippen LogP contribution in [0.2, 0.25) is 0 Å². The van der Waals surface area contributed by atoms with Crippen LogP contribution in [0.5, 0.6) is 0 Å². The molecule has 0 amide bonds. The summed E-state index contributed by atoms with van der Waals surface area (Å²) in [6.45, 7) is 3.02. The second-order valence-electron chi connectivity index (χ2n) is 4.56. The molecule has 6 nitrogen and oxygen atoms in total. The van der Waals surface area contributed by atoms with Crippen LogP contribution in [0.1, 0.15) is 0 Å². The van der Waals surface area contributed by atoms with Gasteiger partial charge < -0.3 is 20.7 Å². The first-order valence-corrected chi connectivity index (χ1v) is 6.60. The lowest BCUT2D eigenvalue weighted by Gasteiger charge is -2.29. The van der Waals surface area contributed by atoms with Crippen LogP contribution >= 0.6 is 0 Å². The molecule has 0 saturated carbocycles. The zero-order valence-corrected chi connectivity index (χ0v) is 11.1. The highest BCUT2D eigenvalue weighted by atomic mass is 16.5. The van der Waals surface area contributed by atoms with E-state index in [9.17, 15) is 0 Å². The van der Waals surface area contributed by atoms with Crippen LogP contribution in [0.25, 0.3) is 0 Å². The van der Waals surface area contributed by atoms with Gasteiger partial charge in [0.25, 0.3) is 0 Å². The number of anilines is 4. The molecule has 1 aliphatic heterocycles. The average Bonchev–Trinajstić information content (AvgIpc) is 2.51. The van der Waals surface area contributed by atoms with E-state index in [1.807, 2.05) is 30.3 Å². The molecule has 1 fully saturated rings. The number of para-hydroxylation sites is 1. The monoisotopic (exact) mass is 271 g/mol. The first kappa shape index (κ1) is 12.7. The number of hydrogen-bond acceptors (Lipinski definition) is 6. The van der Waals surface area contributed by atoms with Crippen LogP contribution in [0.3, 0.4) is 0 Å². The van der Waals surface area contributed by atoms with Crippen molar-refractivity contribution in [3.8, 4) is 0 Å². The molecule has 0 atom stereocenters. The van der Waals surface area contributed by atoms with Crippen molar-refractivity contribution in [2.75, 3.05) is 42.3 Å². The number of aromatic nitrogens is 2. The molecular formula is C14H17N5O. The summed E-state index contributed by atoms with van der Waals surface area (Å²) in [6.07, 6.45) is 1.72. The maximum Gasteiger partial charge on any atom is 0.222 e. The van der Waals surface area contributed by atoms with Crippen molar-refractivity contribution >= 4 is 23.1 Å². The minimum Gasteiger partial charge on any atom is -0.378 e. The highest BCUT2D eigenvalue weighted by molar-refractivity contribution is 5.72. The summed E-state index contributed by atoms with van der Waals surface area (Å²) in [5.74, 6) is 1.11. The fourth-order valence-electron chi connectivity index (χ4n) is 2.17. The van der Waals surface area contributed by atoms with Crippen molar-refractivity contribution in [3.63, 3.8) is 0 Å². The maximum atomic E-state index is 5.72. The quantitative estimate of drug-likeness (QED) is 0.883. The van der Waals surface area contributed by atoms with E-state index in [0.29, 0.717) is 13.2 Å². The number of rotatable bonds is 3. The third-order valence-electron chi connectivity index (χ3n) is 3.15. The first-order valence-electron chi connectivity index (χ1n) is 6.60. The minimum absolute atomic E-state index is 0.283. The van der Waals surface area contributed by atoms with Crippen molar-refractivity contribution in [2.45, 2.75) is 0 Å². The molecule has 3 rings (SSSR count). The predicted octanol–water partition coefficient (Wildman–Crippen LogP) is 1.64. The highest BCUT2D eigenvalue weighted by Gasteiger charge is 2.17. The maximum absolute atomic E-state index is 5.72. The van der Waals surface area contributed by atoms with Gasteiger partial charge in [0.2, 0.25) is 5.95 Å². The molecule has 1 aromatic heterocycles. The fourth-order valence-corrected chi connectivity index (χ4v) is 2.17. The van der Waals surface area contributed by atoms with E-state index < -0.39 is 0 Å². The number of nitrogen functional groups attached to an aromatic ring is 1. The second-order valence-corrected chi connectivity index (χ2v) is 4.56. The van der Waals surface area contributed by atoms with E-state index in [1.165, 1.54) is 0 Å². The van der Waals surface area contributed by atoms with Crippen LogP contribution in [0.4, 0.5) is 23.1 Å². The van der Waals surface area contributed by atoms with Crippen molar-refractivity contribution in [1.82, 2.24) is 9.97 Å². The third kappa shape index (κ3) is 2.80. The Bertz CT molecular complexity index is 569. The van der Waals surface area contributed by atoms with Gasteiger partial charge in [-0.25, -0.2) is 4.98 Å². The van der Waals surface area contributed by atoms with E-state index >= 15 is 0 Å². The van der Waals surface area contributed by atoms with Gasteiger partial charge in [0, 0.05) is 18.8 Å². The summed E-state index contributed by atoms with van der Waals surface area (Å²) in [5, 5.41) is 3.33. The molecular weight excluding hydrogens is 254 g/mol. The van der Waals surface area contributed by atoms with Crippen LogP contribution in [0, 0.1) is 0 Å². The molecule has 0 spiro atoms. The number of nitrogens with one attached hydrogen (secondary N) is 1. The van der Waals surface area contributed by atoms with Gasteiger partial charge in [-0.05, 0) is 12.1 Å². The molecule has 104 valence electrons. The Labute approximate surface area is 117 Å². The Hall–Kier alpha value is -2.34. The van der Waals surface area contributed by atoms with Gasteiger partial charge in [-0.2, -0.15) is 4.98 Å². The van der Waals surface area contributed by atoms with E-state index in [2.05, 4.69) is 20.2 Å². The van der Waals surface area contributed by atoms with Gasteiger partial charge >= 0.3 is 0 Å². The third-order valence-corrected chi connectivity index (χ3v) is 3.15. The van der Waals surface area contributed by atoms with Crippen LogP contribution in [-0.4, -0.2) is 36.3 Å². The summed E-state index contributed by atoms with van der Waals surface area (Å²) < 4.78 is 5.37. The average molecular weight is 271 g/mol. The predicted molar refractivity (Wildman–Crippen MR) is 79.2 cm³/mol. The molecule has 3 N–H and O–H groups in total. The van der Waals surface area contributed by atoms with Gasteiger partial charge in [-0.15, -0.1) is 0 Å². The van der Waals surface area contributed by atoms with Gasteiger partial charge in [-0.3, -0.25) is 0 Å². The normalized spacial score (nSPS) is 15.1. The first-order chi connectivity index (χ1) is 9.83. The van der Waals surface area contributed by atoms with E-state index in [4.69, 9.17) is 10.5 Å². The standard InChI is InChI=1S/C14H17N5O/c15-14-16-10-12(17-11-4-2-1-3-5-11)13(18-14)19-6-8-20-9-7-19/h1-5,10,17H,6-9H2,(H2,15,16,18). The Balaban J connectivity index is 1.89. The summed E-state index contributed by atoms with van der Waals surface area (Å²) in [4.78, 5) is 10.6. The Morgan fingerprint density at radius 1 is 1.15 bits per heavy atom. The van der Waals surface area contributed by atoms with Crippen LogP contribution in [-0.2, 0) is 4.74 Å². The number of nitrogens with zero attached hydrogens (tertiary/aromatic N) is 3. The van der Waals surface area contributed by atoms with Gasteiger partial charge in [0.05, 0.1) is 19.4 Å². The van der Waals surface area contributed by atoms with E-state index in [-0.39, 0.29) is 5.95 Å². The van der Waals surface area contributed by atoms with E-state index in [1.54, 1.807) is 6.20 Å². The van der Waals surface area contributed by atoms with Crippen LogP contribution in [0.15, 0.2) is 36.5 Å². The molecule has 1 aromatic carbocycles. The Kier molecular flexibility index (Phi) is 3.64. The van der Waals surface area contributed by atoms with E-state index in [0.717, 1.165) is 30.3 Å². The summed E-state index contributed by atoms with van der Waals surface area (Å²) in [6, 6.07) is 9.94. The Morgan fingerprint density at radius 2 is 1.90 bits per heavy atom. The van der Waals surface area contributed by atoms with Gasteiger partial charge in [0.1, 0.15) is 5.69 Å². The molecule has 1 saturated heterocycles. The van der Waals surface area contributed by atoms with Crippen LogP contribution < -0.4 is 16.0 Å². The SMILES string of the molecule is Nc1ncc(Nc2ccccc2)c(N2CCOCC2)n1. The largest absolute Gasteiger partial charge is 0.378 e. The number of nitrogens with two attached hydrogens (primary N) is 1. The zero-order chi connectivity index (χ0) is 13.8. The lowest BCUT2D eigenvalue weighted by Crippen LogP contribution is -2.37. The number of ether oxygens (including phenoxy) is 1.